The normalized spacial score (nSPS) is 13.5. The van der Waals surface area contributed by atoms with E-state index in [-0.39, 0.29) is 5.91 Å². The van der Waals surface area contributed by atoms with Crippen LogP contribution in [0.4, 0.5) is 5.82 Å². The van der Waals surface area contributed by atoms with Crippen molar-refractivity contribution in [2.45, 2.75) is 39.5 Å². The molecule has 0 radical (unpaired) electrons. The fraction of sp³-hybridized carbons (Fsp3) is 0.455. The van der Waals surface area contributed by atoms with Crippen LogP contribution < -0.4 is 4.90 Å². The lowest BCUT2D eigenvalue weighted by Gasteiger charge is -2.22. The van der Waals surface area contributed by atoms with E-state index in [2.05, 4.69) is 39.0 Å². The van der Waals surface area contributed by atoms with Crippen LogP contribution in [0.1, 0.15) is 37.3 Å². The molecule has 0 bridgehead atoms. The molecule has 154 valence electrons. The van der Waals surface area contributed by atoms with E-state index >= 15 is 0 Å². The number of nitrogens with zero attached hydrogens (tertiary/aromatic N) is 6. The highest BCUT2D eigenvalue weighted by atomic mass is 16.2. The lowest BCUT2D eigenvalue weighted by molar-refractivity contribution is -0.127. The van der Waals surface area contributed by atoms with E-state index in [1.54, 1.807) is 6.33 Å². The monoisotopic (exact) mass is 394 g/mol. The first-order chi connectivity index (χ1) is 14.1. The van der Waals surface area contributed by atoms with Gasteiger partial charge in [0.25, 0.3) is 0 Å². The van der Waals surface area contributed by atoms with E-state index in [0.717, 1.165) is 55.9 Å². The van der Waals surface area contributed by atoms with Gasteiger partial charge in [-0.1, -0.05) is 25.5 Å². The van der Waals surface area contributed by atoms with Crippen LogP contribution in [0.25, 0.3) is 5.65 Å². The Morgan fingerprint density at radius 2 is 2.07 bits per heavy atom. The number of hydrogen-bond acceptors (Lipinski definition) is 5. The van der Waals surface area contributed by atoms with Crippen molar-refractivity contribution in [3.63, 3.8) is 0 Å². The van der Waals surface area contributed by atoms with Crippen molar-refractivity contribution in [3.05, 3.63) is 54.1 Å². The Kier molecular flexibility index (Phi) is 7.16. The number of carbonyl (C=O) groups excluding carboxylic acids is 1. The summed E-state index contributed by atoms with van der Waals surface area (Å²) in [5, 5.41) is 4.07. The molecule has 0 atom stereocenters. The molecule has 4 rings (SSSR count). The number of pyridine rings is 2. The van der Waals surface area contributed by atoms with Crippen molar-refractivity contribution in [1.29, 1.82) is 0 Å². The van der Waals surface area contributed by atoms with E-state index in [4.69, 9.17) is 0 Å². The average molecular weight is 395 g/mol. The molecule has 0 aliphatic carbocycles. The third-order valence-electron chi connectivity index (χ3n) is 5.07. The molecule has 3 aromatic rings. The lowest BCUT2D eigenvalue weighted by atomic mass is 10.2. The predicted octanol–water partition coefficient (Wildman–Crippen LogP) is 3.13. The van der Waals surface area contributed by atoms with Gasteiger partial charge in [0.05, 0.1) is 0 Å². The molecule has 7 heteroatoms. The molecule has 4 heterocycles. The molecule has 7 nitrogen and oxygen atoms in total. The minimum Gasteiger partial charge on any atom is -0.358 e. The van der Waals surface area contributed by atoms with E-state index in [9.17, 15) is 4.79 Å². The van der Waals surface area contributed by atoms with Gasteiger partial charge < -0.3 is 9.80 Å². The average Bonchev–Trinajstić information content (AvgIpc) is 3.37. The molecule has 1 aliphatic heterocycles. The van der Waals surface area contributed by atoms with Crippen molar-refractivity contribution in [2.75, 3.05) is 31.6 Å². The van der Waals surface area contributed by atoms with E-state index in [1.807, 2.05) is 47.9 Å². The maximum Gasteiger partial charge on any atom is 0.222 e. The Bertz CT molecular complexity index is 920. The van der Waals surface area contributed by atoms with Crippen LogP contribution in [0.3, 0.4) is 0 Å². The second-order valence-electron chi connectivity index (χ2n) is 7.41. The van der Waals surface area contributed by atoms with Crippen LogP contribution in [0.5, 0.6) is 0 Å². The standard InChI is InChI=1S/C13H19N3O.C9H11N3/c1-11-5-6-12(14-10-11)15(2)8-9-16-7-3-4-13(16)17;1-2-4-8-5-3-6-12-9(8)10-7-11-12/h5-6,10H,3-4,7-9H2,1-2H3;3,5-7H,2,4H2,1H3. The van der Waals surface area contributed by atoms with E-state index in [0.29, 0.717) is 6.42 Å². The number of aromatic nitrogens is 4. The summed E-state index contributed by atoms with van der Waals surface area (Å²) in [6.07, 6.45) is 9.32. The van der Waals surface area contributed by atoms with Crippen LogP contribution in [-0.2, 0) is 11.2 Å². The molecule has 3 aromatic heterocycles. The van der Waals surface area contributed by atoms with Gasteiger partial charge >= 0.3 is 0 Å². The van der Waals surface area contributed by atoms with Crippen molar-refractivity contribution < 1.29 is 4.79 Å². The smallest absolute Gasteiger partial charge is 0.222 e. The molecule has 1 fully saturated rings. The van der Waals surface area contributed by atoms with E-state index < -0.39 is 0 Å². The molecule has 0 unspecified atom stereocenters. The Labute approximate surface area is 172 Å². The van der Waals surface area contributed by atoms with Gasteiger partial charge in [0, 0.05) is 45.5 Å². The first-order valence-electron chi connectivity index (χ1n) is 10.3. The summed E-state index contributed by atoms with van der Waals surface area (Å²) in [5.74, 6) is 1.25. The molecular weight excluding hydrogens is 364 g/mol. The molecule has 0 saturated carbocycles. The van der Waals surface area contributed by atoms with Crippen molar-refractivity contribution in [1.82, 2.24) is 24.5 Å². The number of likely N-dealkylation sites (N-methyl/N-ethyl adjacent to an activating group) is 1. The van der Waals surface area contributed by atoms with Gasteiger partial charge in [-0.05, 0) is 43.0 Å². The van der Waals surface area contributed by atoms with Crippen molar-refractivity contribution in [3.8, 4) is 0 Å². The van der Waals surface area contributed by atoms with Gasteiger partial charge in [0.2, 0.25) is 5.91 Å². The zero-order valence-electron chi connectivity index (χ0n) is 17.6. The molecule has 0 aromatic carbocycles. The minimum absolute atomic E-state index is 0.287. The zero-order chi connectivity index (χ0) is 20.6. The molecule has 29 heavy (non-hydrogen) atoms. The number of aryl methyl sites for hydroxylation is 2. The largest absolute Gasteiger partial charge is 0.358 e. The Morgan fingerprint density at radius 3 is 2.76 bits per heavy atom. The van der Waals surface area contributed by atoms with E-state index in [1.165, 1.54) is 5.56 Å². The summed E-state index contributed by atoms with van der Waals surface area (Å²) >= 11 is 0. The van der Waals surface area contributed by atoms with Crippen LogP contribution in [0, 0.1) is 6.92 Å². The first-order valence-corrected chi connectivity index (χ1v) is 10.3. The highest BCUT2D eigenvalue weighted by Crippen LogP contribution is 2.12. The van der Waals surface area contributed by atoms with Crippen LogP contribution in [0.15, 0.2) is 43.0 Å². The third-order valence-corrected chi connectivity index (χ3v) is 5.07. The summed E-state index contributed by atoms with van der Waals surface area (Å²) in [7, 11) is 2.01. The predicted molar refractivity (Wildman–Crippen MR) is 115 cm³/mol. The number of carbonyl (C=O) groups is 1. The molecular formula is C22H30N6O. The molecule has 1 aliphatic rings. The highest BCUT2D eigenvalue weighted by molar-refractivity contribution is 5.78. The second kappa shape index (κ2) is 10.0. The van der Waals surface area contributed by atoms with Gasteiger partial charge in [-0.2, -0.15) is 5.10 Å². The minimum atomic E-state index is 0.287. The molecule has 0 N–H and O–H groups in total. The zero-order valence-corrected chi connectivity index (χ0v) is 17.6. The van der Waals surface area contributed by atoms with Crippen LogP contribution in [0.2, 0.25) is 0 Å². The summed E-state index contributed by atoms with van der Waals surface area (Å²) in [5.41, 5.74) is 3.42. The number of fused-ring (bicyclic) bond motifs is 1. The second-order valence-corrected chi connectivity index (χ2v) is 7.41. The molecule has 0 spiro atoms. The summed E-state index contributed by atoms with van der Waals surface area (Å²) < 4.78 is 1.81. The maximum absolute atomic E-state index is 11.5. The fourth-order valence-electron chi connectivity index (χ4n) is 3.38. The lowest BCUT2D eigenvalue weighted by Crippen LogP contribution is -2.34. The third kappa shape index (κ3) is 5.53. The quantitative estimate of drug-likeness (QED) is 0.643. The summed E-state index contributed by atoms with van der Waals surface area (Å²) in [4.78, 5) is 24.0. The molecule has 1 amide bonds. The Morgan fingerprint density at radius 1 is 1.21 bits per heavy atom. The van der Waals surface area contributed by atoms with Gasteiger partial charge in [-0.3, -0.25) is 4.79 Å². The fourth-order valence-corrected chi connectivity index (χ4v) is 3.38. The number of rotatable bonds is 6. The van der Waals surface area contributed by atoms with Gasteiger partial charge in [-0.25, -0.2) is 14.5 Å². The van der Waals surface area contributed by atoms with Crippen molar-refractivity contribution in [2.24, 2.45) is 0 Å². The maximum atomic E-state index is 11.5. The van der Waals surface area contributed by atoms with Crippen LogP contribution >= 0.6 is 0 Å². The van der Waals surface area contributed by atoms with Gasteiger partial charge in [-0.15, -0.1) is 0 Å². The topological polar surface area (TPSA) is 66.6 Å². The summed E-state index contributed by atoms with van der Waals surface area (Å²) in [6.45, 7) is 6.74. The highest BCUT2D eigenvalue weighted by Gasteiger charge is 2.19. The van der Waals surface area contributed by atoms with Crippen molar-refractivity contribution >= 4 is 17.4 Å². The van der Waals surface area contributed by atoms with Gasteiger partial charge in [0.15, 0.2) is 5.65 Å². The number of hydrogen-bond donors (Lipinski definition) is 0. The van der Waals surface area contributed by atoms with Gasteiger partial charge in [0.1, 0.15) is 12.1 Å². The Hall–Kier alpha value is -2.96. The van der Waals surface area contributed by atoms with Crippen LogP contribution in [-0.4, -0.2) is 57.1 Å². The molecule has 1 saturated heterocycles. The number of amides is 1. The summed E-state index contributed by atoms with van der Waals surface area (Å²) in [6, 6.07) is 8.18. The number of likely N-dealkylation sites (tertiary alicyclic amines) is 1. The first kappa shape index (κ1) is 20.8. The number of anilines is 1. The SMILES string of the molecule is CCCc1cccn2ncnc12.Cc1ccc(N(C)CCN2CCCC2=O)nc1. The Balaban J connectivity index is 0.000000176.